The van der Waals surface area contributed by atoms with Gasteiger partial charge in [0.25, 0.3) is 0 Å². The molecule has 40 heavy (non-hydrogen) atoms. The van der Waals surface area contributed by atoms with E-state index in [1.807, 2.05) is 43.3 Å². The first kappa shape index (κ1) is 23.9. The van der Waals surface area contributed by atoms with E-state index in [9.17, 15) is 4.79 Å². The maximum absolute atomic E-state index is 11.7. The number of benzene rings is 4. The second-order valence-corrected chi connectivity index (χ2v) is 9.99. The number of aromatic amines is 1. The van der Waals surface area contributed by atoms with Gasteiger partial charge in [0.05, 0.1) is 11.0 Å². The topological polar surface area (TPSA) is 85.9 Å². The van der Waals surface area contributed by atoms with Crippen molar-refractivity contribution in [3.63, 3.8) is 0 Å². The molecule has 3 heterocycles. The molecule has 2 aromatic heterocycles. The fourth-order valence-corrected chi connectivity index (χ4v) is 5.52. The van der Waals surface area contributed by atoms with Gasteiger partial charge in [-0.05, 0) is 59.0 Å². The van der Waals surface area contributed by atoms with Crippen LogP contribution < -0.4 is 10.5 Å². The SMILES string of the molecule is CC(=C1c2ccc(Cn3c(Cc4ccccc4)nc4ccccc43)cc2COc2ccccc21)c1noc(=O)[nH]1. The highest BCUT2D eigenvalue weighted by Crippen LogP contribution is 2.40. The van der Waals surface area contributed by atoms with Crippen molar-refractivity contribution in [1.29, 1.82) is 0 Å². The Bertz CT molecular complexity index is 1950. The van der Waals surface area contributed by atoms with Crippen molar-refractivity contribution < 1.29 is 9.26 Å². The Morgan fingerprint density at radius 1 is 0.900 bits per heavy atom. The number of rotatable bonds is 5. The van der Waals surface area contributed by atoms with Crippen LogP contribution in [0, 0.1) is 0 Å². The van der Waals surface area contributed by atoms with E-state index in [1.54, 1.807) is 0 Å². The van der Waals surface area contributed by atoms with Crippen molar-refractivity contribution in [2.24, 2.45) is 0 Å². The number of fused-ring (bicyclic) bond motifs is 3. The lowest BCUT2D eigenvalue weighted by Crippen LogP contribution is -2.07. The summed E-state index contributed by atoms with van der Waals surface area (Å²) in [6, 6.07) is 33.2. The van der Waals surface area contributed by atoms with E-state index in [-0.39, 0.29) is 0 Å². The maximum Gasteiger partial charge on any atom is 0.439 e. The number of aromatic nitrogens is 4. The standard InChI is InChI=1S/C33H26N4O3/c1-21(32-35-33(38)40-36-32)31-25-16-15-23(17-24(25)20-39-29-14-8-5-11-26(29)31)19-37-28-13-7-6-12-27(28)34-30(37)18-22-9-3-2-4-10-22/h2-17H,18-20H2,1H3,(H,35,36,38). The fourth-order valence-electron chi connectivity index (χ4n) is 5.52. The highest BCUT2D eigenvalue weighted by atomic mass is 16.5. The second-order valence-electron chi connectivity index (χ2n) is 9.99. The first-order chi connectivity index (χ1) is 19.6. The number of hydrogen-bond donors (Lipinski definition) is 1. The monoisotopic (exact) mass is 526 g/mol. The summed E-state index contributed by atoms with van der Waals surface area (Å²) in [5.41, 5.74) is 9.28. The molecule has 7 heteroatoms. The highest BCUT2D eigenvalue weighted by Gasteiger charge is 2.23. The van der Waals surface area contributed by atoms with Crippen molar-refractivity contribution in [2.45, 2.75) is 26.5 Å². The Balaban J connectivity index is 1.33. The minimum absolute atomic E-state index is 0.405. The van der Waals surface area contributed by atoms with Crippen molar-refractivity contribution in [1.82, 2.24) is 19.7 Å². The van der Waals surface area contributed by atoms with Crippen LogP contribution in [0.15, 0.2) is 106 Å². The summed E-state index contributed by atoms with van der Waals surface area (Å²) < 4.78 is 13.4. The third-order valence-corrected chi connectivity index (χ3v) is 7.43. The van der Waals surface area contributed by atoms with Crippen molar-refractivity contribution in [2.75, 3.05) is 0 Å². The molecule has 7 nitrogen and oxygen atoms in total. The van der Waals surface area contributed by atoms with Gasteiger partial charge in [-0.15, -0.1) is 0 Å². The molecule has 7 rings (SSSR count). The molecule has 0 radical (unpaired) electrons. The van der Waals surface area contributed by atoms with Gasteiger partial charge in [-0.1, -0.05) is 78.0 Å². The minimum Gasteiger partial charge on any atom is -0.488 e. The van der Waals surface area contributed by atoms with E-state index in [0.717, 1.165) is 62.4 Å². The van der Waals surface area contributed by atoms with Gasteiger partial charge in [0, 0.05) is 24.1 Å². The van der Waals surface area contributed by atoms with Crippen molar-refractivity contribution >= 4 is 22.2 Å². The number of para-hydroxylation sites is 3. The molecule has 1 aliphatic rings. The predicted molar refractivity (Wildman–Crippen MR) is 154 cm³/mol. The van der Waals surface area contributed by atoms with E-state index in [1.165, 1.54) is 5.56 Å². The summed E-state index contributed by atoms with van der Waals surface area (Å²) in [6.45, 7) is 3.04. The van der Waals surface area contributed by atoms with Gasteiger partial charge in [-0.25, -0.2) is 9.78 Å². The zero-order valence-corrected chi connectivity index (χ0v) is 21.9. The molecule has 0 bridgehead atoms. The number of H-pyrrole nitrogens is 1. The molecule has 0 atom stereocenters. The Kier molecular flexibility index (Phi) is 5.89. The van der Waals surface area contributed by atoms with Crippen LogP contribution in [0.5, 0.6) is 5.75 Å². The molecular weight excluding hydrogens is 500 g/mol. The number of ether oxygens (including phenoxy) is 1. The molecule has 196 valence electrons. The van der Waals surface area contributed by atoms with Crippen LogP contribution in [-0.2, 0) is 19.6 Å². The molecule has 0 fully saturated rings. The Labute approximate surface area is 230 Å². The van der Waals surface area contributed by atoms with Gasteiger partial charge in [-0.3, -0.25) is 9.51 Å². The van der Waals surface area contributed by atoms with Crippen molar-refractivity contribution in [3.8, 4) is 5.75 Å². The van der Waals surface area contributed by atoms with Crippen LogP contribution in [-0.4, -0.2) is 19.7 Å². The molecule has 4 aromatic carbocycles. The number of nitrogens with zero attached hydrogens (tertiary/aromatic N) is 3. The van der Waals surface area contributed by atoms with E-state index in [2.05, 4.69) is 75.4 Å². The first-order valence-electron chi connectivity index (χ1n) is 13.2. The van der Waals surface area contributed by atoms with Gasteiger partial charge in [0.15, 0.2) is 5.82 Å². The third-order valence-electron chi connectivity index (χ3n) is 7.43. The number of hydrogen-bond acceptors (Lipinski definition) is 5. The highest BCUT2D eigenvalue weighted by molar-refractivity contribution is 5.99. The molecular formula is C33H26N4O3. The van der Waals surface area contributed by atoms with Crippen LogP contribution in [0.4, 0.5) is 0 Å². The predicted octanol–water partition coefficient (Wildman–Crippen LogP) is 6.22. The molecule has 0 amide bonds. The Morgan fingerprint density at radius 2 is 1.70 bits per heavy atom. The van der Waals surface area contributed by atoms with E-state index in [0.29, 0.717) is 19.0 Å². The average molecular weight is 527 g/mol. The van der Waals surface area contributed by atoms with E-state index >= 15 is 0 Å². The molecule has 6 aromatic rings. The lowest BCUT2D eigenvalue weighted by molar-refractivity contribution is 0.307. The zero-order chi connectivity index (χ0) is 27.1. The summed E-state index contributed by atoms with van der Waals surface area (Å²) >= 11 is 0. The quantitative estimate of drug-likeness (QED) is 0.288. The summed E-state index contributed by atoms with van der Waals surface area (Å²) in [5, 5.41) is 3.96. The molecule has 0 saturated carbocycles. The lowest BCUT2D eigenvalue weighted by atomic mass is 9.89. The van der Waals surface area contributed by atoms with Crippen LogP contribution in [0.3, 0.4) is 0 Å². The number of allylic oxidation sites excluding steroid dienone is 1. The summed E-state index contributed by atoms with van der Waals surface area (Å²) in [6.07, 6.45) is 0.751. The van der Waals surface area contributed by atoms with Gasteiger partial charge < -0.3 is 9.30 Å². The van der Waals surface area contributed by atoms with Gasteiger partial charge in [-0.2, -0.15) is 0 Å². The first-order valence-corrected chi connectivity index (χ1v) is 13.2. The molecule has 0 aliphatic carbocycles. The van der Waals surface area contributed by atoms with Gasteiger partial charge in [0.1, 0.15) is 18.2 Å². The van der Waals surface area contributed by atoms with Crippen LogP contribution in [0.2, 0.25) is 0 Å². The normalized spacial score (nSPS) is 13.8. The molecule has 1 N–H and O–H groups in total. The van der Waals surface area contributed by atoms with Crippen LogP contribution in [0.25, 0.3) is 22.2 Å². The average Bonchev–Trinajstić information content (AvgIpc) is 3.52. The fraction of sp³-hybridized carbons (Fsp3) is 0.121. The molecule has 1 aliphatic heterocycles. The Hall–Kier alpha value is -5.17. The second kappa shape index (κ2) is 9.85. The van der Waals surface area contributed by atoms with Gasteiger partial charge >= 0.3 is 5.76 Å². The van der Waals surface area contributed by atoms with E-state index in [4.69, 9.17) is 14.2 Å². The third kappa shape index (κ3) is 4.31. The Morgan fingerprint density at radius 3 is 2.55 bits per heavy atom. The van der Waals surface area contributed by atoms with Crippen molar-refractivity contribution in [3.05, 3.63) is 147 Å². The number of imidazole rings is 1. The molecule has 0 unspecified atom stereocenters. The minimum atomic E-state index is -0.581. The number of nitrogens with one attached hydrogen (secondary N) is 1. The van der Waals surface area contributed by atoms with Crippen LogP contribution >= 0.6 is 0 Å². The summed E-state index contributed by atoms with van der Waals surface area (Å²) in [5.74, 6) is 1.63. The molecule has 0 saturated heterocycles. The zero-order valence-electron chi connectivity index (χ0n) is 21.9. The maximum atomic E-state index is 11.7. The smallest absolute Gasteiger partial charge is 0.439 e. The van der Waals surface area contributed by atoms with Crippen LogP contribution in [0.1, 0.15) is 46.4 Å². The van der Waals surface area contributed by atoms with Gasteiger partial charge in [0.2, 0.25) is 0 Å². The van der Waals surface area contributed by atoms with E-state index < -0.39 is 5.76 Å². The lowest BCUT2D eigenvalue weighted by Gasteiger charge is -2.15. The summed E-state index contributed by atoms with van der Waals surface area (Å²) in [4.78, 5) is 19.4. The largest absolute Gasteiger partial charge is 0.488 e. The summed E-state index contributed by atoms with van der Waals surface area (Å²) in [7, 11) is 0. The molecule has 0 spiro atoms.